The van der Waals surface area contributed by atoms with Crippen molar-refractivity contribution in [1.82, 2.24) is 4.90 Å². The van der Waals surface area contributed by atoms with Crippen LogP contribution in [0.5, 0.6) is 0 Å². The van der Waals surface area contributed by atoms with E-state index in [1.807, 2.05) is 31.2 Å². The van der Waals surface area contributed by atoms with Crippen molar-refractivity contribution in [2.45, 2.75) is 33.2 Å². The van der Waals surface area contributed by atoms with E-state index < -0.39 is 0 Å². The average Bonchev–Trinajstić information content (AvgIpc) is 2.59. The molecule has 1 N–H and O–H groups in total. The predicted molar refractivity (Wildman–Crippen MR) is 99.0 cm³/mol. The van der Waals surface area contributed by atoms with E-state index in [9.17, 15) is 4.79 Å². The first-order chi connectivity index (χ1) is 11.6. The lowest BCUT2D eigenvalue weighted by molar-refractivity contribution is -0.121. The molecule has 3 heteroatoms. The molecule has 3 nitrogen and oxygen atoms in total. The number of likely N-dealkylation sites (tertiary alicyclic amines) is 1. The van der Waals surface area contributed by atoms with Gasteiger partial charge in [0, 0.05) is 18.2 Å². The summed E-state index contributed by atoms with van der Waals surface area (Å²) in [6, 6.07) is 16.7. The van der Waals surface area contributed by atoms with Gasteiger partial charge in [-0.05, 0) is 57.0 Å². The molecule has 0 unspecified atom stereocenters. The largest absolute Gasteiger partial charge is 0.326 e. The number of amides is 1. The maximum Gasteiger partial charge on any atom is 0.227 e. The second-order valence-corrected chi connectivity index (χ2v) is 6.84. The van der Waals surface area contributed by atoms with Gasteiger partial charge in [0.25, 0.3) is 0 Å². The van der Waals surface area contributed by atoms with Gasteiger partial charge in [-0.2, -0.15) is 0 Å². The van der Waals surface area contributed by atoms with Gasteiger partial charge >= 0.3 is 0 Å². The number of carbonyl (C=O) groups is 1. The molecule has 0 aliphatic carbocycles. The molecule has 2 aromatic rings. The Labute approximate surface area is 144 Å². The van der Waals surface area contributed by atoms with Gasteiger partial charge in [-0.15, -0.1) is 0 Å². The van der Waals surface area contributed by atoms with Gasteiger partial charge in [-0.1, -0.05) is 48.0 Å². The minimum Gasteiger partial charge on any atom is -0.326 e. The average molecular weight is 322 g/mol. The van der Waals surface area contributed by atoms with Crippen molar-refractivity contribution >= 4 is 11.6 Å². The topological polar surface area (TPSA) is 32.3 Å². The molecule has 1 aliphatic rings. The van der Waals surface area contributed by atoms with Crippen molar-refractivity contribution in [3.05, 3.63) is 65.2 Å². The fourth-order valence-electron chi connectivity index (χ4n) is 3.25. The van der Waals surface area contributed by atoms with Crippen LogP contribution >= 0.6 is 0 Å². The van der Waals surface area contributed by atoms with Crippen LogP contribution in [-0.4, -0.2) is 23.9 Å². The number of aryl methyl sites for hydroxylation is 2. The number of rotatable bonds is 4. The van der Waals surface area contributed by atoms with E-state index in [1.165, 1.54) is 11.1 Å². The molecule has 1 heterocycles. The third-order valence-electron chi connectivity index (χ3n) is 4.89. The molecular weight excluding hydrogens is 296 g/mol. The minimum atomic E-state index is 0.124. The van der Waals surface area contributed by atoms with Crippen molar-refractivity contribution < 1.29 is 4.79 Å². The number of piperidine rings is 1. The Kier molecular flexibility index (Phi) is 5.31. The van der Waals surface area contributed by atoms with Gasteiger partial charge in [-0.3, -0.25) is 9.69 Å². The van der Waals surface area contributed by atoms with Crippen LogP contribution in [0.1, 0.15) is 29.5 Å². The molecule has 1 fully saturated rings. The summed E-state index contributed by atoms with van der Waals surface area (Å²) < 4.78 is 0. The molecule has 0 bridgehead atoms. The predicted octanol–water partition coefficient (Wildman–Crippen LogP) is 4.15. The molecule has 1 aliphatic heterocycles. The van der Waals surface area contributed by atoms with Crippen LogP contribution in [0, 0.1) is 19.8 Å². The smallest absolute Gasteiger partial charge is 0.227 e. The van der Waals surface area contributed by atoms with E-state index in [2.05, 4.69) is 41.4 Å². The first-order valence-electron chi connectivity index (χ1n) is 8.76. The maximum atomic E-state index is 12.5. The number of hydrogen-bond acceptors (Lipinski definition) is 2. The molecule has 1 saturated heterocycles. The summed E-state index contributed by atoms with van der Waals surface area (Å²) in [4.78, 5) is 14.9. The Morgan fingerprint density at radius 1 is 1.04 bits per heavy atom. The number of nitrogens with zero attached hydrogens (tertiary/aromatic N) is 1. The fourth-order valence-corrected chi connectivity index (χ4v) is 3.25. The van der Waals surface area contributed by atoms with Crippen LogP contribution in [0.25, 0.3) is 0 Å². The Morgan fingerprint density at radius 3 is 2.38 bits per heavy atom. The van der Waals surface area contributed by atoms with Crippen molar-refractivity contribution in [2.24, 2.45) is 5.92 Å². The van der Waals surface area contributed by atoms with E-state index >= 15 is 0 Å². The molecule has 0 spiro atoms. The zero-order valence-corrected chi connectivity index (χ0v) is 14.6. The van der Waals surface area contributed by atoms with Gasteiger partial charge in [-0.25, -0.2) is 0 Å². The highest BCUT2D eigenvalue weighted by molar-refractivity contribution is 5.93. The number of anilines is 1. The lowest BCUT2D eigenvalue weighted by atomic mass is 9.95. The molecule has 2 aromatic carbocycles. The SMILES string of the molecule is Cc1ccc(CN2CCC(C(=O)Nc3ccccc3C)CC2)cc1. The molecule has 0 saturated carbocycles. The summed E-state index contributed by atoms with van der Waals surface area (Å²) in [6.45, 7) is 7.09. The Balaban J connectivity index is 1.50. The van der Waals surface area contributed by atoms with Gasteiger partial charge in [0.15, 0.2) is 0 Å². The van der Waals surface area contributed by atoms with E-state index in [0.717, 1.165) is 43.7 Å². The van der Waals surface area contributed by atoms with Gasteiger partial charge in [0.05, 0.1) is 0 Å². The quantitative estimate of drug-likeness (QED) is 0.917. The first kappa shape index (κ1) is 16.7. The lowest BCUT2D eigenvalue weighted by Crippen LogP contribution is -2.37. The summed E-state index contributed by atoms with van der Waals surface area (Å²) in [7, 11) is 0. The van der Waals surface area contributed by atoms with Crippen LogP contribution in [0.3, 0.4) is 0 Å². The Morgan fingerprint density at radius 2 is 1.71 bits per heavy atom. The fraction of sp³-hybridized carbons (Fsp3) is 0.381. The van der Waals surface area contributed by atoms with Crippen molar-refractivity contribution in [1.29, 1.82) is 0 Å². The zero-order chi connectivity index (χ0) is 16.9. The maximum absolute atomic E-state index is 12.5. The van der Waals surface area contributed by atoms with Crippen LogP contribution in [0.4, 0.5) is 5.69 Å². The van der Waals surface area contributed by atoms with Gasteiger partial charge in [0.2, 0.25) is 5.91 Å². The van der Waals surface area contributed by atoms with Gasteiger partial charge < -0.3 is 5.32 Å². The summed E-state index contributed by atoms with van der Waals surface area (Å²) >= 11 is 0. The third kappa shape index (κ3) is 4.24. The molecule has 1 amide bonds. The summed E-state index contributed by atoms with van der Waals surface area (Å²) in [6.07, 6.45) is 1.87. The number of hydrogen-bond donors (Lipinski definition) is 1. The molecule has 3 rings (SSSR count). The highest BCUT2D eigenvalue weighted by atomic mass is 16.1. The van der Waals surface area contributed by atoms with Crippen LogP contribution < -0.4 is 5.32 Å². The number of carbonyl (C=O) groups excluding carboxylic acids is 1. The van der Waals surface area contributed by atoms with E-state index in [0.29, 0.717) is 0 Å². The monoisotopic (exact) mass is 322 g/mol. The molecule has 126 valence electrons. The number of benzene rings is 2. The lowest BCUT2D eigenvalue weighted by Gasteiger charge is -2.31. The molecule has 0 aromatic heterocycles. The third-order valence-corrected chi connectivity index (χ3v) is 4.89. The van der Waals surface area contributed by atoms with E-state index in [-0.39, 0.29) is 11.8 Å². The van der Waals surface area contributed by atoms with Crippen LogP contribution in [0.15, 0.2) is 48.5 Å². The standard InChI is InChI=1S/C21H26N2O/c1-16-7-9-18(10-8-16)15-23-13-11-19(12-14-23)21(24)22-20-6-4-3-5-17(20)2/h3-10,19H,11-15H2,1-2H3,(H,22,24). The first-order valence-corrected chi connectivity index (χ1v) is 8.76. The minimum absolute atomic E-state index is 0.124. The van der Waals surface area contributed by atoms with Crippen molar-refractivity contribution in [3.63, 3.8) is 0 Å². The second kappa shape index (κ2) is 7.63. The second-order valence-electron chi connectivity index (χ2n) is 6.84. The normalized spacial score (nSPS) is 16.1. The van der Waals surface area contributed by atoms with Crippen molar-refractivity contribution in [2.75, 3.05) is 18.4 Å². The van der Waals surface area contributed by atoms with Crippen LogP contribution in [0.2, 0.25) is 0 Å². The summed E-state index contributed by atoms with van der Waals surface area (Å²) in [5, 5.41) is 3.09. The zero-order valence-electron chi connectivity index (χ0n) is 14.6. The molecule has 24 heavy (non-hydrogen) atoms. The highest BCUT2D eigenvalue weighted by Gasteiger charge is 2.25. The van der Waals surface area contributed by atoms with Crippen molar-refractivity contribution in [3.8, 4) is 0 Å². The van der Waals surface area contributed by atoms with Gasteiger partial charge in [0.1, 0.15) is 0 Å². The van der Waals surface area contributed by atoms with Crippen LogP contribution in [-0.2, 0) is 11.3 Å². The summed E-state index contributed by atoms with van der Waals surface area (Å²) in [5.74, 6) is 0.290. The molecule has 0 atom stereocenters. The Bertz CT molecular complexity index is 685. The number of para-hydroxylation sites is 1. The highest BCUT2D eigenvalue weighted by Crippen LogP contribution is 2.22. The van der Waals surface area contributed by atoms with E-state index in [1.54, 1.807) is 0 Å². The Hall–Kier alpha value is -2.13. The number of nitrogens with one attached hydrogen (secondary N) is 1. The molecule has 0 radical (unpaired) electrons. The molecular formula is C21H26N2O. The van der Waals surface area contributed by atoms with E-state index in [4.69, 9.17) is 0 Å². The summed E-state index contributed by atoms with van der Waals surface area (Å²) in [5.41, 5.74) is 4.70.